The lowest BCUT2D eigenvalue weighted by Crippen LogP contribution is -2.34. The Morgan fingerprint density at radius 3 is 2.38 bits per heavy atom. The molecule has 4 rings (SSSR count). The fraction of sp³-hybridized carbons (Fsp3) is 0.214. The first-order valence-electron chi connectivity index (χ1n) is 11.7. The van der Waals surface area contributed by atoms with Gasteiger partial charge in [0.15, 0.2) is 5.82 Å². The van der Waals surface area contributed by atoms with Gasteiger partial charge >= 0.3 is 0 Å². The SMILES string of the molecule is CNc1nc(-c2ccc(F)cc2)nc2cc(NC(=O)c3cc(CNC(=O)C(C)(C)C)ccc3Cl)ccc12. The topological polar surface area (TPSA) is 96.0 Å². The fourth-order valence-electron chi connectivity index (χ4n) is 3.63. The van der Waals surface area contributed by atoms with Crippen molar-refractivity contribution in [2.45, 2.75) is 27.3 Å². The van der Waals surface area contributed by atoms with Crippen molar-refractivity contribution in [1.29, 1.82) is 0 Å². The Balaban J connectivity index is 1.59. The second-order valence-corrected chi connectivity index (χ2v) is 9.99. The number of carbonyl (C=O) groups excluding carboxylic acids is 2. The summed E-state index contributed by atoms with van der Waals surface area (Å²) in [6.45, 7) is 5.78. The molecule has 0 aliphatic carbocycles. The molecule has 37 heavy (non-hydrogen) atoms. The lowest BCUT2D eigenvalue weighted by Gasteiger charge is -2.18. The van der Waals surface area contributed by atoms with Crippen molar-refractivity contribution >= 4 is 45.8 Å². The van der Waals surface area contributed by atoms with Gasteiger partial charge in [0.05, 0.1) is 16.1 Å². The Bertz CT molecular complexity index is 1480. The summed E-state index contributed by atoms with van der Waals surface area (Å²) in [6.07, 6.45) is 0. The predicted octanol–water partition coefficient (Wildman–Crippen LogP) is 6.05. The van der Waals surface area contributed by atoms with Gasteiger partial charge in [0, 0.05) is 35.6 Å². The van der Waals surface area contributed by atoms with Crippen LogP contribution in [0.4, 0.5) is 15.9 Å². The largest absolute Gasteiger partial charge is 0.373 e. The highest BCUT2D eigenvalue weighted by Crippen LogP contribution is 2.28. The lowest BCUT2D eigenvalue weighted by molar-refractivity contribution is -0.128. The second-order valence-electron chi connectivity index (χ2n) is 9.59. The minimum atomic E-state index is -0.518. The first kappa shape index (κ1) is 26.0. The zero-order chi connectivity index (χ0) is 26.7. The Morgan fingerprint density at radius 2 is 1.70 bits per heavy atom. The average molecular weight is 520 g/mol. The van der Waals surface area contributed by atoms with Gasteiger partial charge in [-0.15, -0.1) is 0 Å². The van der Waals surface area contributed by atoms with Gasteiger partial charge in [-0.1, -0.05) is 38.4 Å². The van der Waals surface area contributed by atoms with E-state index in [1.165, 1.54) is 12.1 Å². The summed E-state index contributed by atoms with van der Waals surface area (Å²) in [5.41, 5.74) is 2.30. The number of hydrogen-bond donors (Lipinski definition) is 3. The molecule has 9 heteroatoms. The molecule has 0 radical (unpaired) electrons. The molecule has 190 valence electrons. The third-order valence-electron chi connectivity index (χ3n) is 5.70. The quantitative estimate of drug-likeness (QED) is 0.288. The number of aromatic nitrogens is 2. The summed E-state index contributed by atoms with van der Waals surface area (Å²) in [5, 5.41) is 9.86. The maximum atomic E-state index is 13.4. The summed E-state index contributed by atoms with van der Waals surface area (Å²) in [7, 11) is 1.75. The predicted molar refractivity (Wildman–Crippen MR) is 145 cm³/mol. The number of rotatable bonds is 6. The molecule has 2 amide bonds. The molecule has 0 spiro atoms. The van der Waals surface area contributed by atoms with Crippen LogP contribution >= 0.6 is 11.6 Å². The first-order chi connectivity index (χ1) is 17.5. The highest BCUT2D eigenvalue weighted by atomic mass is 35.5. The van der Waals surface area contributed by atoms with E-state index >= 15 is 0 Å². The number of nitrogens with one attached hydrogen (secondary N) is 3. The van der Waals surface area contributed by atoms with Gasteiger partial charge in [-0.3, -0.25) is 9.59 Å². The lowest BCUT2D eigenvalue weighted by atomic mass is 9.95. The fourth-order valence-corrected chi connectivity index (χ4v) is 3.83. The molecule has 4 aromatic rings. The number of nitrogens with zero attached hydrogens (tertiary/aromatic N) is 2. The molecule has 0 bridgehead atoms. The molecule has 1 aromatic heterocycles. The molecule has 0 saturated carbocycles. The molecule has 1 heterocycles. The number of halogens is 2. The van der Waals surface area contributed by atoms with Crippen LogP contribution in [0.25, 0.3) is 22.3 Å². The maximum absolute atomic E-state index is 13.4. The van der Waals surface area contributed by atoms with Crippen molar-refractivity contribution in [2.75, 3.05) is 17.7 Å². The Kier molecular flexibility index (Phi) is 7.40. The molecule has 3 N–H and O–H groups in total. The summed E-state index contributed by atoms with van der Waals surface area (Å²) < 4.78 is 13.4. The van der Waals surface area contributed by atoms with E-state index in [-0.39, 0.29) is 23.8 Å². The third-order valence-corrected chi connectivity index (χ3v) is 6.03. The van der Waals surface area contributed by atoms with Gasteiger partial charge < -0.3 is 16.0 Å². The molecule has 0 saturated heterocycles. The van der Waals surface area contributed by atoms with Crippen LogP contribution in [0.3, 0.4) is 0 Å². The molecule has 0 fully saturated rings. The summed E-state index contributed by atoms with van der Waals surface area (Å²) in [5.74, 6) is 0.203. The van der Waals surface area contributed by atoms with E-state index in [0.29, 0.717) is 33.4 Å². The highest BCUT2D eigenvalue weighted by molar-refractivity contribution is 6.34. The summed E-state index contributed by atoms with van der Waals surface area (Å²) in [6, 6.07) is 16.3. The van der Waals surface area contributed by atoms with Crippen LogP contribution in [-0.4, -0.2) is 28.8 Å². The normalized spacial score (nSPS) is 11.3. The van der Waals surface area contributed by atoms with E-state index in [1.54, 1.807) is 49.5 Å². The van der Waals surface area contributed by atoms with Gasteiger partial charge in [0.2, 0.25) is 5.91 Å². The standard InChI is InChI=1S/C28H27ClFN5O2/c1-28(2,3)27(37)32-15-16-5-12-22(29)21(13-16)26(36)33-19-10-11-20-23(14-19)34-24(35-25(20)31-4)17-6-8-18(30)9-7-17/h5-14H,15H2,1-4H3,(H,32,37)(H,33,36)(H,31,34,35). The van der Waals surface area contributed by atoms with Crippen molar-refractivity contribution in [3.8, 4) is 11.4 Å². The second kappa shape index (κ2) is 10.5. The molecule has 3 aromatic carbocycles. The first-order valence-corrected chi connectivity index (χ1v) is 12.1. The van der Waals surface area contributed by atoms with E-state index in [1.807, 2.05) is 26.8 Å². The van der Waals surface area contributed by atoms with Crippen molar-refractivity contribution in [2.24, 2.45) is 5.41 Å². The van der Waals surface area contributed by atoms with Crippen molar-refractivity contribution in [3.63, 3.8) is 0 Å². The molecular weight excluding hydrogens is 493 g/mol. The summed E-state index contributed by atoms with van der Waals surface area (Å²) >= 11 is 6.32. The van der Waals surface area contributed by atoms with Crippen LogP contribution in [0.15, 0.2) is 60.7 Å². The van der Waals surface area contributed by atoms with E-state index < -0.39 is 11.3 Å². The van der Waals surface area contributed by atoms with Gasteiger partial charge in [-0.05, 0) is 60.2 Å². The smallest absolute Gasteiger partial charge is 0.257 e. The number of anilines is 2. The molecular formula is C28H27ClFN5O2. The number of fused-ring (bicyclic) bond motifs is 1. The number of amides is 2. The molecule has 0 unspecified atom stereocenters. The van der Waals surface area contributed by atoms with Crippen LogP contribution in [-0.2, 0) is 11.3 Å². The van der Waals surface area contributed by atoms with Crippen LogP contribution in [0.5, 0.6) is 0 Å². The van der Waals surface area contributed by atoms with Crippen LogP contribution in [0, 0.1) is 11.2 Å². The van der Waals surface area contributed by atoms with Crippen molar-refractivity contribution < 1.29 is 14.0 Å². The van der Waals surface area contributed by atoms with E-state index in [2.05, 4.69) is 25.9 Å². The van der Waals surface area contributed by atoms with Crippen molar-refractivity contribution in [1.82, 2.24) is 15.3 Å². The van der Waals surface area contributed by atoms with E-state index in [0.717, 1.165) is 10.9 Å². The van der Waals surface area contributed by atoms with Crippen LogP contribution in [0.1, 0.15) is 36.7 Å². The number of carbonyl (C=O) groups is 2. The highest BCUT2D eigenvalue weighted by Gasteiger charge is 2.21. The summed E-state index contributed by atoms with van der Waals surface area (Å²) in [4.78, 5) is 34.5. The Labute approximate surface area is 219 Å². The monoisotopic (exact) mass is 519 g/mol. The average Bonchev–Trinajstić information content (AvgIpc) is 2.86. The van der Waals surface area contributed by atoms with Gasteiger partial charge in [0.25, 0.3) is 5.91 Å². The van der Waals surface area contributed by atoms with Gasteiger partial charge in [0.1, 0.15) is 11.6 Å². The van der Waals surface area contributed by atoms with Crippen LogP contribution < -0.4 is 16.0 Å². The van der Waals surface area contributed by atoms with Gasteiger partial charge in [-0.2, -0.15) is 0 Å². The van der Waals surface area contributed by atoms with E-state index in [9.17, 15) is 14.0 Å². The molecule has 7 nitrogen and oxygen atoms in total. The van der Waals surface area contributed by atoms with Gasteiger partial charge in [-0.25, -0.2) is 14.4 Å². The van der Waals surface area contributed by atoms with Crippen LogP contribution in [0.2, 0.25) is 5.02 Å². The minimum absolute atomic E-state index is 0.0902. The zero-order valence-electron chi connectivity index (χ0n) is 20.9. The maximum Gasteiger partial charge on any atom is 0.257 e. The zero-order valence-corrected chi connectivity index (χ0v) is 21.7. The number of hydrogen-bond acceptors (Lipinski definition) is 5. The third kappa shape index (κ3) is 6.03. The van der Waals surface area contributed by atoms with E-state index in [4.69, 9.17) is 11.6 Å². The minimum Gasteiger partial charge on any atom is -0.373 e. The molecule has 0 aliphatic heterocycles. The molecule has 0 atom stereocenters. The number of benzene rings is 3. The molecule has 0 aliphatic rings. The Morgan fingerprint density at radius 1 is 0.973 bits per heavy atom. The Hall–Kier alpha value is -4.04. The van der Waals surface area contributed by atoms with Crippen molar-refractivity contribution in [3.05, 3.63) is 82.6 Å².